The first kappa shape index (κ1) is 12.9. The van der Waals surface area contributed by atoms with Crippen LogP contribution in [0.5, 0.6) is 0 Å². The van der Waals surface area contributed by atoms with Crippen molar-refractivity contribution >= 4 is 11.0 Å². The van der Waals surface area contributed by atoms with Crippen molar-refractivity contribution in [3.63, 3.8) is 0 Å². The van der Waals surface area contributed by atoms with E-state index in [2.05, 4.69) is 22.3 Å². The van der Waals surface area contributed by atoms with Crippen molar-refractivity contribution < 1.29 is 4.74 Å². The molecule has 5 nitrogen and oxygen atoms in total. The first-order valence-electron chi connectivity index (χ1n) is 6.09. The lowest BCUT2D eigenvalue weighted by atomic mass is 10.1. The highest BCUT2D eigenvalue weighted by molar-refractivity contribution is 5.74. The Balaban J connectivity index is 2.17. The molecule has 5 heteroatoms. The predicted molar refractivity (Wildman–Crippen MR) is 70.7 cm³/mol. The molecule has 1 heterocycles. The average molecular weight is 246 g/mol. The molecule has 3 N–H and O–H groups in total. The number of nitrogens with one attached hydrogen (secondary N) is 1. The van der Waals surface area contributed by atoms with E-state index in [0.29, 0.717) is 6.61 Å². The van der Waals surface area contributed by atoms with Gasteiger partial charge >= 0.3 is 0 Å². The minimum atomic E-state index is -0.0250. The summed E-state index contributed by atoms with van der Waals surface area (Å²) in [5.41, 5.74) is 5.57. The minimum Gasteiger partial charge on any atom is -0.379 e. The van der Waals surface area contributed by atoms with Crippen LogP contribution in [0.2, 0.25) is 0 Å². The number of hydrogen-bond donors (Lipinski definition) is 2. The van der Waals surface area contributed by atoms with E-state index in [9.17, 15) is 0 Å². The molecule has 1 aromatic carbocycles. The van der Waals surface area contributed by atoms with Gasteiger partial charge in [0.25, 0.3) is 0 Å². The monoisotopic (exact) mass is 246 g/mol. The molecule has 2 aromatic rings. The van der Waals surface area contributed by atoms with Gasteiger partial charge in [-0.3, -0.25) is 21.2 Å². The summed E-state index contributed by atoms with van der Waals surface area (Å²) in [6, 6.07) is 5.91. The fourth-order valence-electron chi connectivity index (χ4n) is 1.78. The van der Waals surface area contributed by atoms with Gasteiger partial charge in [-0.05, 0) is 24.1 Å². The Morgan fingerprint density at radius 2 is 2.06 bits per heavy atom. The summed E-state index contributed by atoms with van der Waals surface area (Å²) in [4.78, 5) is 8.52. The van der Waals surface area contributed by atoms with Gasteiger partial charge in [-0.1, -0.05) is 13.0 Å². The van der Waals surface area contributed by atoms with Crippen LogP contribution in [0.4, 0.5) is 0 Å². The molecule has 0 bridgehead atoms. The van der Waals surface area contributed by atoms with Crippen molar-refractivity contribution in [3.05, 3.63) is 36.2 Å². The van der Waals surface area contributed by atoms with Crippen molar-refractivity contribution in [2.24, 2.45) is 5.84 Å². The SMILES string of the molecule is CCCOCC(NN)c1ccc2nccnc2c1. The Labute approximate surface area is 106 Å². The van der Waals surface area contributed by atoms with Crippen molar-refractivity contribution in [1.82, 2.24) is 15.4 Å². The number of ether oxygens (including phenoxy) is 1. The minimum absolute atomic E-state index is 0.0250. The fraction of sp³-hybridized carbons (Fsp3) is 0.385. The van der Waals surface area contributed by atoms with E-state index in [1.807, 2.05) is 18.2 Å². The highest BCUT2D eigenvalue weighted by Gasteiger charge is 2.10. The summed E-state index contributed by atoms with van der Waals surface area (Å²) in [6.07, 6.45) is 4.37. The molecule has 96 valence electrons. The number of nitrogens with zero attached hydrogens (tertiary/aromatic N) is 2. The van der Waals surface area contributed by atoms with Crippen LogP contribution in [0.15, 0.2) is 30.6 Å². The van der Waals surface area contributed by atoms with Gasteiger partial charge in [0.05, 0.1) is 23.7 Å². The molecule has 1 atom stereocenters. The predicted octanol–water partition coefficient (Wildman–Crippen LogP) is 1.56. The second kappa shape index (κ2) is 6.39. The van der Waals surface area contributed by atoms with Crippen LogP contribution in [0.3, 0.4) is 0 Å². The summed E-state index contributed by atoms with van der Waals surface area (Å²) in [5, 5.41) is 0. The van der Waals surface area contributed by atoms with E-state index in [1.54, 1.807) is 12.4 Å². The Kier molecular flexibility index (Phi) is 4.58. The molecule has 0 aliphatic heterocycles. The first-order valence-corrected chi connectivity index (χ1v) is 6.09. The third kappa shape index (κ3) is 3.01. The molecule has 0 spiro atoms. The van der Waals surface area contributed by atoms with E-state index in [0.717, 1.165) is 29.6 Å². The van der Waals surface area contributed by atoms with E-state index >= 15 is 0 Å². The molecule has 18 heavy (non-hydrogen) atoms. The zero-order chi connectivity index (χ0) is 12.8. The molecule has 2 rings (SSSR count). The van der Waals surface area contributed by atoms with Gasteiger partial charge < -0.3 is 4.74 Å². The number of hydrazine groups is 1. The van der Waals surface area contributed by atoms with Crippen molar-refractivity contribution in [1.29, 1.82) is 0 Å². The van der Waals surface area contributed by atoms with Crippen LogP contribution < -0.4 is 11.3 Å². The lowest BCUT2D eigenvalue weighted by Crippen LogP contribution is -2.31. The summed E-state index contributed by atoms with van der Waals surface area (Å²) < 4.78 is 5.52. The summed E-state index contributed by atoms with van der Waals surface area (Å²) >= 11 is 0. The molecule has 0 radical (unpaired) electrons. The quantitative estimate of drug-likeness (QED) is 0.460. The number of fused-ring (bicyclic) bond motifs is 1. The number of rotatable bonds is 6. The Morgan fingerprint density at radius 1 is 1.28 bits per heavy atom. The standard InChI is InChI=1S/C13H18N4O/c1-2-7-18-9-13(17-14)10-3-4-11-12(8-10)16-6-5-15-11/h3-6,8,13,17H,2,7,9,14H2,1H3. The van der Waals surface area contributed by atoms with Gasteiger partial charge in [0.15, 0.2) is 0 Å². The first-order chi connectivity index (χ1) is 8.85. The van der Waals surface area contributed by atoms with Gasteiger partial charge in [-0.2, -0.15) is 0 Å². The van der Waals surface area contributed by atoms with E-state index < -0.39 is 0 Å². The number of benzene rings is 1. The normalized spacial score (nSPS) is 12.8. The van der Waals surface area contributed by atoms with Crippen molar-refractivity contribution in [3.8, 4) is 0 Å². The van der Waals surface area contributed by atoms with Gasteiger partial charge in [0, 0.05) is 19.0 Å². The highest BCUT2D eigenvalue weighted by Crippen LogP contribution is 2.17. The van der Waals surface area contributed by atoms with E-state index in [-0.39, 0.29) is 6.04 Å². The van der Waals surface area contributed by atoms with Gasteiger partial charge in [0.1, 0.15) is 0 Å². The molecule has 0 saturated carbocycles. The molecule has 1 aromatic heterocycles. The van der Waals surface area contributed by atoms with E-state index in [1.165, 1.54) is 0 Å². The summed E-state index contributed by atoms with van der Waals surface area (Å²) in [5.74, 6) is 5.57. The van der Waals surface area contributed by atoms with Gasteiger partial charge in [0.2, 0.25) is 0 Å². The fourth-order valence-corrected chi connectivity index (χ4v) is 1.78. The Morgan fingerprint density at radius 3 is 2.78 bits per heavy atom. The Hall–Kier alpha value is -1.56. The lowest BCUT2D eigenvalue weighted by Gasteiger charge is -2.16. The molecule has 0 fully saturated rings. The second-order valence-electron chi connectivity index (χ2n) is 4.10. The molecular weight excluding hydrogens is 228 g/mol. The lowest BCUT2D eigenvalue weighted by molar-refractivity contribution is 0.112. The molecule has 0 aliphatic rings. The zero-order valence-electron chi connectivity index (χ0n) is 10.5. The highest BCUT2D eigenvalue weighted by atomic mass is 16.5. The summed E-state index contributed by atoms with van der Waals surface area (Å²) in [6.45, 7) is 3.37. The number of nitrogens with two attached hydrogens (primary N) is 1. The van der Waals surface area contributed by atoms with Crippen molar-refractivity contribution in [2.75, 3.05) is 13.2 Å². The van der Waals surface area contributed by atoms with Crippen LogP contribution >= 0.6 is 0 Å². The maximum Gasteiger partial charge on any atom is 0.0890 e. The second-order valence-corrected chi connectivity index (χ2v) is 4.10. The molecule has 1 unspecified atom stereocenters. The topological polar surface area (TPSA) is 73.1 Å². The number of aromatic nitrogens is 2. The van der Waals surface area contributed by atoms with Crippen LogP contribution in [-0.4, -0.2) is 23.2 Å². The maximum atomic E-state index is 5.57. The van der Waals surface area contributed by atoms with E-state index in [4.69, 9.17) is 10.6 Å². The molecular formula is C13H18N4O. The average Bonchev–Trinajstić information content (AvgIpc) is 2.43. The smallest absolute Gasteiger partial charge is 0.0890 e. The van der Waals surface area contributed by atoms with Crippen LogP contribution in [-0.2, 0) is 4.74 Å². The maximum absolute atomic E-state index is 5.57. The molecule has 0 saturated heterocycles. The third-order valence-corrected chi connectivity index (χ3v) is 2.73. The molecule has 0 amide bonds. The number of hydrogen-bond acceptors (Lipinski definition) is 5. The molecule has 0 aliphatic carbocycles. The largest absolute Gasteiger partial charge is 0.379 e. The van der Waals surface area contributed by atoms with Crippen molar-refractivity contribution in [2.45, 2.75) is 19.4 Å². The van der Waals surface area contributed by atoms with Crippen LogP contribution in [0.1, 0.15) is 24.9 Å². The zero-order valence-corrected chi connectivity index (χ0v) is 10.5. The summed E-state index contributed by atoms with van der Waals surface area (Å²) in [7, 11) is 0. The van der Waals surface area contributed by atoms with Gasteiger partial charge in [-0.25, -0.2) is 0 Å². The van der Waals surface area contributed by atoms with Crippen LogP contribution in [0.25, 0.3) is 11.0 Å². The Bertz CT molecular complexity index is 503. The van der Waals surface area contributed by atoms with Gasteiger partial charge in [-0.15, -0.1) is 0 Å². The van der Waals surface area contributed by atoms with Crippen LogP contribution in [0, 0.1) is 0 Å². The third-order valence-electron chi connectivity index (χ3n) is 2.73.